The van der Waals surface area contributed by atoms with Crippen molar-refractivity contribution in [3.8, 4) is 0 Å². The van der Waals surface area contributed by atoms with Gasteiger partial charge < -0.3 is 10.2 Å². The number of carbonyl (C=O) groups excluding carboxylic acids is 1. The first kappa shape index (κ1) is 23.7. The number of amides is 1. The fourth-order valence-corrected chi connectivity index (χ4v) is 3.80. The standard InChI is InChI=1S/C23H22F6N2O/c1-14-8-11-19(31(2)13-14)20(15-6-4-3-5-7-15)30-21(32)17-12-16(22(24,25)26)9-10-18(17)23(27,28)29/h3-7,9-12,14,20H,8,13H2,1-2H3,(H,30,32). The van der Waals surface area contributed by atoms with Crippen LogP contribution in [0, 0.1) is 5.92 Å². The smallest absolute Gasteiger partial charge is 0.376 e. The molecular formula is C23H22F6N2O. The lowest BCUT2D eigenvalue weighted by Crippen LogP contribution is -2.38. The van der Waals surface area contributed by atoms with Crippen molar-refractivity contribution in [2.75, 3.05) is 13.6 Å². The lowest BCUT2D eigenvalue weighted by atomic mass is 9.94. The maximum Gasteiger partial charge on any atom is 0.417 e. The van der Waals surface area contributed by atoms with Gasteiger partial charge in [0.25, 0.3) is 5.91 Å². The van der Waals surface area contributed by atoms with Crippen molar-refractivity contribution in [3.05, 3.63) is 82.6 Å². The Bertz CT molecular complexity index is 998. The first-order chi connectivity index (χ1) is 14.9. The second-order valence-electron chi connectivity index (χ2n) is 7.92. The van der Waals surface area contributed by atoms with Gasteiger partial charge in [0.05, 0.1) is 22.7 Å². The maximum absolute atomic E-state index is 13.5. The van der Waals surface area contributed by atoms with Crippen molar-refractivity contribution in [2.24, 2.45) is 5.92 Å². The number of halogens is 6. The fourth-order valence-electron chi connectivity index (χ4n) is 3.80. The highest BCUT2D eigenvalue weighted by molar-refractivity contribution is 5.96. The molecule has 0 spiro atoms. The number of rotatable bonds is 4. The Morgan fingerprint density at radius 3 is 2.25 bits per heavy atom. The van der Waals surface area contributed by atoms with Crippen LogP contribution in [0.25, 0.3) is 0 Å². The number of hydrogen-bond donors (Lipinski definition) is 1. The van der Waals surface area contributed by atoms with Crippen LogP contribution in [0.4, 0.5) is 26.3 Å². The molecule has 0 saturated carbocycles. The molecule has 172 valence electrons. The van der Waals surface area contributed by atoms with Crippen molar-refractivity contribution in [1.29, 1.82) is 0 Å². The van der Waals surface area contributed by atoms with Crippen LogP contribution in [0.5, 0.6) is 0 Å². The molecule has 1 aliphatic heterocycles. The molecule has 1 heterocycles. The highest BCUT2D eigenvalue weighted by Gasteiger charge is 2.39. The quantitative estimate of drug-likeness (QED) is 0.568. The predicted molar refractivity (Wildman–Crippen MR) is 108 cm³/mol. The zero-order valence-electron chi connectivity index (χ0n) is 17.4. The summed E-state index contributed by atoms with van der Waals surface area (Å²) in [5.41, 5.74) is -2.54. The van der Waals surface area contributed by atoms with E-state index in [2.05, 4.69) is 5.32 Å². The average molecular weight is 456 g/mol. The van der Waals surface area contributed by atoms with Gasteiger partial charge in [-0.25, -0.2) is 0 Å². The summed E-state index contributed by atoms with van der Waals surface area (Å²) in [4.78, 5) is 14.9. The minimum atomic E-state index is -4.99. The largest absolute Gasteiger partial charge is 0.417 e. The van der Waals surface area contributed by atoms with Crippen LogP contribution in [-0.2, 0) is 12.4 Å². The number of alkyl halides is 6. The highest BCUT2D eigenvalue weighted by Crippen LogP contribution is 2.37. The van der Waals surface area contributed by atoms with Gasteiger partial charge in [0.1, 0.15) is 0 Å². The lowest BCUT2D eigenvalue weighted by Gasteiger charge is -2.35. The van der Waals surface area contributed by atoms with E-state index < -0.39 is 41.0 Å². The third-order valence-corrected chi connectivity index (χ3v) is 5.36. The van der Waals surface area contributed by atoms with Gasteiger partial charge in [0.2, 0.25) is 0 Å². The van der Waals surface area contributed by atoms with Crippen molar-refractivity contribution >= 4 is 5.91 Å². The molecular weight excluding hydrogens is 434 g/mol. The van der Waals surface area contributed by atoms with Gasteiger partial charge >= 0.3 is 12.4 Å². The first-order valence-corrected chi connectivity index (χ1v) is 9.93. The van der Waals surface area contributed by atoms with Crippen molar-refractivity contribution in [3.63, 3.8) is 0 Å². The third-order valence-electron chi connectivity index (χ3n) is 5.36. The molecule has 1 aliphatic rings. The van der Waals surface area contributed by atoms with Gasteiger partial charge in [-0.1, -0.05) is 43.3 Å². The highest BCUT2D eigenvalue weighted by atomic mass is 19.4. The second kappa shape index (κ2) is 8.88. The molecule has 3 nitrogen and oxygen atoms in total. The van der Waals surface area contributed by atoms with E-state index in [0.717, 1.165) is 0 Å². The summed E-state index contributed by atoms with van der Waals surface area (Å²) in [7, 11) is 1.80. The Hall–Kier alpha value is -2.97. The molecule has 32 heavy (non-hydrogen) atoms. The van der Waals surface area contributed by atoms with Crippen LogP contribution in [0.3, 0.4) is 0 Å². The monoisotopic (exact) mass is 456 g/mol. The van der Waals surface area contributed by atoms with E-state index in [0.29, 0.717) is 42.3 Å². The Morgan fingerprint density at radius 2 is 1.69 bits per heavy atom. The Morgan fingerprint density at radius 1 is 1.03 bits per heavy atom. The Balaban J connectivity index is 2.05. The zero-order valence-corrected chi connectivity index (χ0v) is 17.4. The molecule has 0 aromatic heterocycles. The Kier molecular flexibility index (Phi) is 6.57. The molecule has 0 fully saturated rings. The maximum atomic E-state index is 13.5. The molecule has 3 rings (SSSR count). The number of hydrogen-bond acceptors (Lipinski definition) is 2. The summed E-state index contributed by atoms with van der Waals surface area (Å²) in [5, 5.41) is 2.54. The van der Waals surface area contributed by atoms with E-state index in [-0.39, 0.29) is 6.07 Å². The number of carbonyl (C=O) groups is 1. The van der Waals surface area contributed by atoms with Crippen LogP contribution >= 0.6 is 0 Å². The van der Waals surface area contributed by atoms with E-state index in [1.807, 2.05) is 17.9 Å². The SMILES string of the molecule is CC1CC=C(C(NC(=O)c2cc(C(F)(F)F)ccc2C(F)(F)F)c2ccccc2)N(C)C1. The van der Waals surface area contributed by atoms with Gasteiger partial charge in [-0.2, -0.15) is 26.3 Å². The molecule has 0 bridgehead atoms. The number of likely N-dealkylation sites (N-methyl/N-ethyl adjacent to an activating group) is 1. The van der Waals surface area contributed by atoms with Crippen LogP contribution in [-0.4, -0.2) is 24.4 Å². The topological polar surface area (TPSA) is 32.3 Å². The first-order valence-electron chi connectivity index (χ1n) is 9.93. The van der Waals surface area contributed by atoms with Crippen molar-refractivity contribution in [1.82, 2.24) is 10.2 Å². The summed E-state index contributed by atoms with van der Waals surface area (Å²) in [5.74, 6) is -0.888. The van der Waals surface area contributed by atoms with E-state index in [9.17, 15) is 31.1 Å². The van der Waals surface area contributed by atoms with Gasteiger partial charge in [-0.3, -0.25) is 4.79 Å². The van der Waals surface area contributed by atoms with Crippen molar-refractivity contribution in [2.45, 2.75) is 31.7 Å². The number of benzene rings is 2. The number of nitrogens with zero attached hydrogens (tertiary/aromatic N) is 1. The molecule has 9 heteroatoms. The van der Waals surface area contributed by atoms with Crippen LogP contribution < -0.4 is 5.32 Å². The molecule has 0 aliphatic carbocycles. The molecule has 2 atom stereocenters. The van der Waals surface area contributed by atoms with Gasteiger partial charge in [0, 0.05) is 19.3 Å². The van der Waals surface area contributed by atoms with E-state index in [1.165, 1.54) is 0 Å². The predicted octanol–water partition coefficient (Wildman–Crippen LogP) is 6.05. The molecule has 2 aromatic carbocycles. The van der Waals surface area contributed by atoms with E-state index in [4.69, 9.17) is 0 Å². The van der Waals surface area contributed by atoms with Crippen molar-refractivity contribution < 1.29 is 31.1 Å². The summed E-state index contributed by atoms with van der Waals surface area (Å²) < 4.78 is 79.8. The lowest BCUT2D eigenvalue weighted by molar-refractivity contribution is -0.141. The number of nitrogens with one attached hydrogen (secondary N) is 1. The average Bonchev–Trinajstić information content (AvgIpc) is 2.71. The molecule has 0 saturated heterocycles. The van der Waals surface area contributed by atoms with Gasteiger partial charge in [0.15, 0.2) is 0 Å². The van der Waals surface area contributed by atoms with E-state index >= 15 is 0 Å². The van der Waals surface area contributed by atoms with Crippen LogP contribution in [0.2, 0.25) is 0 Å². The summed E-state index contributed by atoms with van der Waals surface area (Å²) in [6, 6.07) is 8.63. The normalized spacial score (nSPS) is 18.2. The molecule has 2 aromatic rings. The second-order valence-corrected chi connectivity index (χ2v) is 7.92. The molecule has 1 amide bonds. The van der Waals surface area contributed by atoms with Crippen LogP contribution in [0.15, 0.2) is 60.3 Å². The fraction of sp³-hybridized carbons (Fsp3) is 0.348. The molecule has 2 unspecified atom stereocenters. The minimum Gasteiger partial charge on any atom is -0.376 e. The summed E-state index contributed by atoms with van der Waals surface area (Å²) in [6.07, 6.45) is -7.28. The molecule has 0 radical (unpaired) electrons. The van der Waals surface area contributed by atoms with E-state index in [1.54, 1.807) is 37.4 Å². The summed E-state index contributed by atoms with van der Waals surface area (Å²) in [6.45, 7) is 2.71. The molecule has 1 N–H and O–H groups in total. The number of allylic oxidation sites excluding steroid dienone is 1. The third kappa shape index (κ3) is 5.26. The van der Waals surface area contributed by atoms with Crippen LogP contribution in [0.1, 0.15) is 46.4 Å². The summed E-state index contributed by atoms with van der Waals surface area (Å²) >= 11 is 0. The van der Waals surface area contributed by atoms with Gasteiger partial charge in [-0.15, -0.1) is 0 Å². The Labute approximate surface area is 181 Å². The minimum absolute atomic E-state index is 0.251. The zero-order chi connectivity index (χ0) is 23.7. The van der Waals surface area contributed by atoms with Gasteiger partial charge in [-0.05, 0) is 36.1 Å².